The maximum Gasteiger partial charge on any atom is 0.289 e. The van der Waals surface area contributed by atoms with Crippen LogP contribution in [0.2, 0.25) is 0 Å². The van der Waals surface area contributed by atoms with Gasteiger partial charge >= 0.3 is 0 Å². The van der Waals surface area contributed by atoms with Crippen LogP contribution in [0.1, 0.15) is 23.0 Å². The van der Waals surface area contributed by atoms with Crippen molar-refractivity contribution in [2.75, 3.05) is 13.7 Å². The molecule has 0 aliphatic heterocycles. The second kappa shape index (κ2) is 8.66. The fraction of sp³-hybridized carbons (Fsp3) is 0.150. The van der Waals surface area contributed by atoms with Gasteiger partial charge in [-0.05, 0) is 67.1 Å². The van der Waals surface area contributed by atoms with Crippen molar-refractivity contribution in [3.05, 3.63) is 65.9 Å². The first-order valence-electron chi connectivity index (χ1n) is 8.45. The molecule has 0 bridgehead atoms. The largest absolute Gasteiger partial charge is 0.497 e. The van der Waals surface area contributed by atoms with Gasteiger partial charge < -0.3 is 9.47 Å². The molecule has 0 aliphatic carbocycles. The summed E-state index contributed by atoms with van der Waals surface area (Å²) in [5.74, 6) is 1.18. The van der Waals surface area contributed by atoms with Crippen molar-refractivity contribution in [2.45, 2.75) is 6.92 Å². The van der Waals surface area contributed by atoms with Crippen molar-refractivity contribution >= 4 is 12.1 Å². The van der Waals surface area contributed by atoms with Crippen LogP contribution >= 0.6 is 0 Å². The van der Waals surface area contributed by atoms with Crippen LogP contribution in [0, 0.1) is 0 Å². The number of H-pyrrole nitrogens is 1. The van der Waals surface area contributed by atoms with E-state index in [0.29, 0.717) is 18.0 Å². The maximum absolute atomic E-state index is 12.2. The predicted octanol–water partition coefficient (Wildman–Crippen LogP) is 3.25. The highest BCUT2D eigenvalue weighted by molar-refractivity contribution is 5.94. The van der Waals surface area contributed by atoms with Gasteiger partial charge in [0.05, 0.1) is 25.6 Å². The maximum atomic E-state index is 12.2. The van der Waals surface area contributed by atoms with Crippen LogP contribution in [-0.4, -0.2) is 36.0 Å². The number of methoxy groups -OCH3 is 1. The van der Waals surface area contributed by atoms with Crippen LogP contribution in [0.4, 0.5) is 0 Å². The van der Waals surface area contributed by atoms with E-state index in [1.54, 1.807) is 19.4 Å². The third-order valence-electron chi connectivity index (χ3n) is 3.78. The molecular weight excluding hydrogens is 344 g/mol. The lowest BCUT2D eigenvalue weighted by Gasteiger charge is -2.02. The number of benzene rings is 2. The molecule has 27 heavy (non-hydrogen) atoms. The molecule has 0 aliphatic rings. The SMILES string of the molecule is CCOc1ccc(C=NNC(=O)c2cc(-c3ccc(OC)cc3)n[nH]2)cc1. The number of hydrogen-bond acceptors (Lipinski definition) is 5. The fourth-order valence-electron chi connectivity index (χ4n) is 2.39. The molecule has 3 rings (SSSR count). The molecule has 0 saturated carbocycles. The lowest BCUT2D eigenvalue weighted by Crippen LogP contribution is -2.17. The summed E-state index contributed by atoms with van der Waals surface area (Å²) in [4.78, 5) is 12.2. The molecule has 0 atom stereocenters. The number of aromatic amines is 1. The van der Waals surface area contributed by atoms with Gasteiger partial charge in [0.1, 0.15) is 17.2 Å². The van der Waals surface area contributed by atoms with Gasteiger partial charge in [0.2, 0.25) is 0 Å². The Morgan fingerprint density at radius 2 is 1.85 bits per heavy atom. The fourth-order valence-corrected chi connectivity index (χ4v) is 2.39. The molecule has 0 spiro atoms. The van der Waals surface area contributed by atoms with E-state index in [0.717, 1.165) is 22.6 Å². The highest BCUT2D eigenvalue weighted by Crippen LogP contribution is 2.21. The monoisotopic (exact) mass is 364 g/mol. The van der Waals surface area contributed by atoms with Crippen LogP contribution in [0.5, 0.6) is 11.5 Å². The number of nitrogens with one attached hydrogen (secondary N) is 2. The van der Waals surface area contributed by atoms with Crippen molar-refractivity contribution in [2.24, 2.45) is 5.10 Å². The second-order valence-electron chi connectivity index (χ2n) is 5.60. The number of nitrogens with zero attached hydrogens (tertiary/aromatic N) is 2. The third kappa shape index (κ3) is 4.72. The summed E-state index contributed by atoms with van der Waals surface area (Å²) >= 11 is 0. The average molecular weight is 364 g/mol. The molecule has 1 aromatic heterocycles. The Kier molecular flexibility index (Phi) is 5.84. The quantitative estimate of drug-likeness (QED) is 0.497. The predicted molar refractivity (Wildman–Crippen MR) is 103 cm³/mol. The molecule has 0 saturated heterocycles. The van der Waals surface area contributed by atoms with Crippen molar-refractivity contribution in [1.82, 2.24) is 15.6 Å². The van der Waals surface area contributed by atoms with Crippen LogP contribution in [-0.2, 0) is 0 Å². The number of amides is 1. The van der Waals surface area contributed by atoms with E-state index in [1.807, 2.05) is 55.5 Å². The molecule has 0 unspecified atom stereocenters. The van der Waals surface area contributed by atoms with Crippen LogP contribution in [0.25, 0.3) is 11.3 Å². The Balaban J connectivity index is 1.60. The normalized spacial score (nSPS) is 10.7. The van der Waals surface area contributed by atoms with Gasteiger partial charge in [-0.15, -0.1) is 0 Å². The zero-order valence-corrected chi connectivity index (χ0v) is 15.1. The summed E-state index contributed by atoms with van der Waals surface area (Å²) in [6.45, 7) is 2.55. The minimum absolute atomic E-state index is 0.324. The molecule has 138 valence electrons. The zero-order chi connectivity index (χ0) is 19.1. The van der Waals surface area contributed by atoms with Gasteiger partial charge in [0.15, 0.2) is 0 Å². The lowest BCUT2D eigenvalue weighted by atomic mass is 10.1. The van der Waals surface area contributed by atoms with Crippen molar-refractivity contribution in [3.63, 3.8) is 0 Å². The van der Waals surface area contributed by atoms with Crippen LogP contribution < -0.4 is 14.9 Å². The Morgan fingerprint density at radius 1 is 1.15 bits per heavy atom. The molecule has 7 nitrogen and oxygen atoms in total. The van der Waals surface area contributed by atoms with Gasteiger partial charge in [0.25, 0.3) is 5.91 Å². The molecule has 0 radical (unpaired) electrons. The van der Waals surface area contributed by atoms with Gasteiger partial charge in [0, 0.05) is 5.56 Å². The van der Waals surface area contributed by atoms with E-state index in [1.165, 1.54) is 0 Å². The first-order valence-corrected chi connectivity index (χ1v) is 8.45. The van der Waals surface area contributed by atoms with E-state index in [9.17, 15) is 4.79 Å². The molecule has 2 N–H and O–H groups in total. The van der Waals surface area contributed by atoms with E-state index in [2.05, 4.69) is 20.7 Å². The van der Waals surface area contributed by atoms with Crippen molar-refractivity contribution in [1.29, 1.82) is 0 Å². The Bertz CT molecular complexity index is 915. The minimum atomic E-state index is -0.371. The highest BCUT2D eigenvalue weighted by Gasteiger charge is 2.10. The first-order chi connectivity index (χ1) is 13.2. The number of carbonyl (C=O) groups excluding carboxylic acids is 1. The topological polar surface area (TPSA) is 88.6 Å². The van der Waals surface area contributed by atoms with Gasteiger partial charge in [-0.3, -0.25) is 9.89 Å². The number of hydrazone groups is 1. The molecule has 2 aromatic carbocycles. The Hall–Kier alpha value is -3.61. The number of aromatic nitrogens is 2. The number of ether oxygens (including phenoxy) is 2. The van der Waals surface area contributed by atoms with E-state index >= 15 is 0 Å². The minimum Gasteiger partial charge on any atom is -0.497 e. The van der Waals surface area contributed by atoms with Gasteiger partial charge in [-0.2, -0.15) is 10.2 Å². The summed E-state index contributed by atoms with van der Waals surface area (Å²) in [5, 5.41) is 10.9. The highest BCUT2D eigenvalue weighted by atomic mass is 16.5. The summed E-state index contributed by atoms with van der Waals surface area (Å²) in [7, 11) is 1.61. The number of rotatable bonds is 7. The molecule has 1 heterocycles. The second-order valence-corrected chi connectivity index (χ2v) is 5.60. The summed E-state index contributed by atoms with van der Waals surface area (Å²) < 4.78 is 10.5. The molecule has 3 aromatic rings. The average Bonchev–Trinajstić information content (AvgIpc) is 3.20. The smallest absolute Gasteiger partial charge is 0.289 e. The van der Waals surface area contributed by atoms with Crippen LogP contribution in [0.15, 0.2) is 59.7 Å². The Morgan fingerprint density at radius 3 is 2.52 bits per heavy atom. The number of carbonyl (C=O) groups is 1. The van der Waals surface area contributed by atoms with E-state index < -0.39 is 0 Å². The van der Waals surface area contributed by atoms with Crippen molar-refractivity contribution in [3.8, 4) is 22.8 Å². The van der Waals surface area contributed by atoms with E-state index in [-0.39, 0.29) is 5.91 Å². The Labute approximate surface area is 157 Å². The van der Waals surface area contributed by atoms with Gasteiger partial charge in [-0.1, -0.05) is 0 Å². The number of hydrogen-bond donors (Lipinski definition) is 2. The summed E-state index contributed by atoms with van der Waals surface area (Å²) in [5.41, 5.74) is 5.20. The molecule has 0 fully saturated rings. The third-order valence-corrected chi connectivity index (χ3v) is 3.78. The van der Waals surface area contributed by atoms with E-state index in [4.69, 9.17) is 9.47 Å². The first kappa shape index (κ1) is 18.2. The lowest BCUT2D eigenvalue weighted by molar-refractivity contribution is 0.0950. The molecule has 7 heteroatoms. The zero-order valence-electron chi connectivity index (χ0n) is 15.1. The standard InChI is InChI=1S/C20H20N4O3/c1-3-27-17-8-4-14(5-9-17)13-21-24-20(25)19-12-18(22-23-19)15-6-10-16(26-2)11-7-15/h4-13H,3H2,1-2H3,(H,22,23)(H,24,25). The van der Waals surface area contributed by atoms with Gasteiger partial charge in [-0.25, -0.2) is 5.43 Å². The summed E-state index contributed by atoms with van der Waals surface area (Å²) in [6, 6.07) is 16.5. The molecule has 1 amide bonds. The summed E-state index contributed by atoms with van der Waals surface area (Å²) in [6.07, 6.45) is 1.56. The molecular formula is C20H20N4O3. The van der Waals surface area contributed by atoms with Crippen LogP contribution in [0.3, 0.4) is 0 Å². The van der Waals surface area contributed by atoms with Crippen molar-refractivity contribution < 1.29 is 14.3 Å².